The number of nitriles is 1. The lowest BCUT2D eigenvalue weighted by Gasteiger charge is -2.15. The second-order valence-electron chi connectivity index (χ2n) is 4.60. The first kappa shape index (κ1) is 12.8. The van der Waals surface area contributed by atoms with Crippen LogP contribution in [0.5, 0.6) is 0 Å². The van der Waals surface area contributed by atoms with E-state index in [1.165, 1.54) is 6.33 Å². The summed E-state index contributed by atoms with van der Waals surface area (Å²) >= 11 is 0. The molecule has 0 radical (unpaired) electrons. The predicted molar refractivity (Wildman–Crippen MR) is 69.4 cm³/mol. The van der Waals surface area contributed by atoms with Crippen molar-refractivity contribution >= 4 is 11.6 Å². The first-order valence-corrected chi connectivity index (χ1v) is 5.71. The molecule has 1 amide bonds. The number of carbonyl (C=O) groups excluding carboxylic acids is 1. The van der Waals surface area contributed by atoms with Crippen molar-refractivity contribution in [2.45, 2.75) is 19.3 Å². The smallest absolute Gasteiger partial charge is 0.292 e. The number of amides is 1. The van der Waals surface area contributed by atoms with Gasteiger partial charge in [0.1, 0.15) is 6.33 Å². The lowest BCUT2D eigenvalue weighted by molar-refractivity contribution is 0.101. The molecule has 0 saturated carbocycles. The summed E-state index contributed by atoms with van der Waals surface area (Å²) in [6, 6.07) is 9.37. The number of nitrogens with zero attached hydrogens (tertiary/aromatic N) is 3. The third-order valence-electron chi connectivity index (χ3n) is 2.77. The van der Waals surface area contributed by atoms with Crippen LogP contribution < -0.4 is 5.32 Å². The van der Waals surface area contributed by atoms with Crippen molar-refractivity contribution in [3.8, 4) is 6.07 Å². The Morgan fingerprint density at radius 1 is 1.37 bits per heavy atom. The Kier molecular flexibility index (Phi) is 3.29. The normalized spacial score (nSPS) is 10.8. The third kappa shape index (κ3) is 2.77. The van der Waals surface area contributed by atoms with Crippen LogP contribution in [0, 0.1) is 11.3 Å². The highest BCUT2D eigenvalue weighted by molar-refractivity contribution is 6.01. The lowest BCUT2D eigenvalue weighted by atomic mass is 9.86. The molecule has 0 fully saturated rings. The number of nitrogens with one attached hydrogen (secondary N) is 2. The minimum absolute atomic E-state index is 0.154. The van der Waals surface area contributed by atoms with E-state index in [1.54, 1.807) is 12.1 Å². The topological polar surface area (TPSA) is 94.5 Å². The lowest BCUT2D eigenvalue weighted by Crippen LogP contribution is -2.15. The molecule has 96 valence electrons. The highest BCUT2D eigenvalue weighted by Gasteiger charge is 2.19. The maximum atomic E-state index is 11.7. The van der Waals surface area contributed by atoms with Crippen molar-refractivity contribution in [2.24, 2.45) is 0 Å². The molecule has 0 spiro atoms. The molecule has 6 nitrogen and oxygen atoms in total. The van der Waals surface area contributed by atoms with E-state index in [9.17, 15) is 4.79 Å². The van der Waals surface area contributed by atoms with Gasteiger partial charge in [0.15, 0.2) is 0 Å². The highest BCUT2D eigenvalue weighted by atomic mass is 16.2. The minimum Gasteiger partial charge on any atom is -0.319 e. The van der Waals surface area contributed by atoms with E-state index in [2.05, 4.69) is 26.6 Å². The van der Waals surface area contributed by atoms with Gasteiger partial charge in [-0.25, -0.2) is 4.98 Å². The van der Waals surface area contributed by atoms with E-state index in [4.69, 9.17) is 5.26 Å². The van der Waals surface area contributed by atoms with Crippen molar-refractivity contribution in [3.63, 3.8) is 0 Å². The summed E-state index contributed by atoms with van der Waals surface area (Å²) in [6.07, 6.45) is 1.27. The number of H-pyrrole nitrogens is 1. The van der Waals surface area contributed by atoms with Gasteiger partial charge in [-0.3, -0.25) is 9.89 Å². The Labute approximate surface area is 110 Å². The van der Waals surface area contributed by atoms with E-state index in [-0.39, 0.29) is 11.7 Å². The van der Waals surface area contributed by atoms with Gasteiger partial charge in [0.05, 0.1) is 11.5 Å². The number of benzene rings is 1. The zero-order valence-electron chi connectivity index (χ0n) is 10.6. The second kappa shape index (κ2) is 4.90. The molecular weight excluding hydrogens is 242 g/mol. The number of hydrogen-bond acceptors (Lipinski definition) is 4. The van der Waals surface area contributed by atoms with Gasteiger partial charge in [0.2, 0.25) is 5.82 Å². The molecule has 0 unspecified atom stereocenters. The monoisotopic (exact) mass is 255 g/mol. The summed E-state index contributed by atoms with van der Waals surface area (Å²) in [6.45, 7) is 3.68. The highest BCUT2D eigenvalue weighted by Crippen LogP contribution is 2.23. The molecule has 0 aliphatic carbocycles. The molecule has 2 rings (SSSR count). The number of aromatic amines is 1. The molecule has 19 heavy (non-hydrogen) atoms. The number of carbonyl (C=O) groups is 1. The Morgan fingerprint density at radius 2 is 2.05 bits per heavy atom. The molecule has 0 atom stereocenters. The van der Waals surface area contributed by atoms with E-state index < -0.39 is 5.41 Å². The van der Waals surface area contributed by atoms with Crippen LogP contribution in [0.4, 0.5) is 5.69 Å². The van der Waals surface area contributed by atoms with E-state index in [1.807, 2.05) is 26.0 Å². The van der Waals surface area contributed by atoms with Crippen molar-refractivity contribution < 1.29 is 4.79 Å². The maximum Gasteiger partial charge on any atom is 0.292 e. The van der Waals surface area contributed by atoms with E-state index in [0.29, 0.717) is 5.69 Å². The molecule has 1 heterocycles. The van der Waals surface area contributed by atoms with Crippen molar-refractivity contribution in [2.75, 3.05) is 5.32 Å². The fourth-order valence-electron chi connectivity index (χ4n) is 1.54. The number of aromatic nitrogens is 3. The SMILES string of the molecule is CC(C)(C#N)c1ccc(NC(=O)c2ncn[nH]2)cc1. The summed E-state index contributed by atoms with van der Waals surface area (Å²) in [4.78, 5) is 15.5. The van der Waals surface area contributed by atoms with Crippen molar-refractivity contribution in [1.82, 2.24) is 15.2 Å². The van der Waals surface area contributed by atoms with Gasteiger partial charge in [-0.1, -0.05) is 12.1 Å². The van der Waals surface area contributed by atoms with Gasteiger partial charge >= 0.3 is 0 Å². The molecule has 2 N–H and O–H groups in total. The first-order valence-electron chi connectivity index (χ1n) is 5.71. The Morgan fingerprint density at radius 3 is 2.58 bits per heavy atom. The second-order valence-corrected chi connectivity index (χ2v) is 4.60. The summed E-state index contributed by atoms with van der Waals surface area (Å²) < 4.78 is 0. The van der Waals surface area contributed by atoms with Crippen LogP contribution in [0.2, 0.25) is 0 Å². The van der Waals surface area contributed by atoms with Crippen LogP contribution in [-0.2, 0) is 5.41 Å². The summed E-state index contributed by atoms with van der Waals surface area (Å²) in [5.74, 6) is -0.203. The number of anilines is 1. The van der Waals surface area contributed by atoms with Crippen LogP contribution in [0.3, 0.4) is 0 Å². The third-order valence-corrected chi connectivity index (χ3v) is 2.77. The summed E-state index contributed by atoms with van der Waals surface area (Å²) in [7, 11) is 0. The standard InChI is InChI=1S/C13H13N5O/c1-13(2,7-14)9-3-5-10(6-4-9)17-12(19)11-15-8-16-18-11/h3-6,8H,1-2H3,(H,17,19)(H,15,16,18). The zero-order valence-corrected chi connectivity index (χ0v) is 10.6. The molecule has 2 aromatic rings. The van der Waals surface area contributed by atoms with Gasteiger partial charge in [0.25, 0.3) is 5.91 Å². The maximum absolute atomic E-state index is 11.7. The molecule has 0 aliphatic rings. The molecule has 0 bridgehead atoms. The van der Waals surface area contributed by atoms with Gasteiger partial charge in [-0.05, 0) is 31.5 Å². The van der Waals surface area contributed by atoms with Gasteiger partial charge in [-0.2, -0.15) is 10.4 Å². The minimum atomic E-state index is -0.548. The molecule has 6 heteroatoms. The number of rotatable bonds is 3. The summed E-state index contributed by atoms with van der Waals surface area (Å²) in [5, 5.41) is 17.8. The van der Waals surface area contributed by atoms with Crippen LogP contribution >= 0.6 is 0 Å². The largest absolute Gasteiger partial charge is 0.319 e. The molecule has 1 aromatic heterocycles. The summed E-state index contributed by atoms with van der Waals surface area (Å²) in [5.41, 5.74) is 0.986. The van der Waals surface area contributed by atoms with Crippen LogP contribution in [0.1, 0.15) is 30.0 Å². The predicted octanol–water partition coefficient (Wildman–Crippen LogP) is 1.86. The van der Waals surface area contributed by atoms with Crippen LogP contribution in [0.25, 0.3) is 0 Å². The first-order chi connectivity index (χ1) is 9.03. The van der Waals surface area contributed by atoms with Gasteiger partial charge in [-0.15, -0.1) is 0 Å². The quantitative estimate of drug-likeness (QED) is 0.875. The Hall–Kier alpha value is -2.68. The van der Waals surface area contributed by atoms with E-state index >= 15 is 0 Å². The molecular formula is C13H13N5O. The molecule has 0 aliphatic heterocycles. The fourth-order valence-corrected chi connectivity index (χ4v) is 1.54. The van der Waals surface area contributed by atoms with Crippen molar-refractivity contribution in [1.29, 1.82) is 5.26 Å². The van der Waals surface area contributed by atoms with E-state index in [0.717, 1.165) is 5.56 Å². The molecule has 1 aromatic carbocycles. The Bertz CT molecular complexity index is 607. The van der Waals surface area contributed by atoms with Crippen LogP contribution in [-0.4, -0.2) is 21.1 Å². The number of hydrogen-bond donors (Lipinski definition) is 2. The average Bonchev–Trinajstić information content (AvgIpc) is 2.93. The average molecular weight is 255 g/mol. The van der Waals surface area contributed by atoms with Crippen LogP contribution in [0.15, 0.2) is 30.6 Å². The Balaban J connectivity index is 2.12. The molecule has 0 saturated heterocycles. The van der Waals surface area contributed by atoms with Gasteiger partial charge < -0.3 is 5.32 Å². The van der Waals surface area contributed by atoms with Gasteiger partial charge in [0, 0.05) is 5.69 Å². The zero-order chi connectivity index (χ0) is 13.9. The fraction of sp³-hybridized carbons (Fsp3) is 0.231. The van der Waals surface area contributed by atoms with Crippen molar-refractivity contribution in [3.05, 3.63) is 42.0 Å².